The lowest BCUT2D eigenvalue weighted by molar-refractivity contribution is 0.604. The summed E-state index contributed by atoms with van der Waals surface area (Å²) in [5, 5.41) is 3.06. The number of rotatable bonds is 5. The molecular formula is C16H21N3O2S2. The fourth-order valence-electron chi connectivity index (χ4n) is 1.97. The van der Waals surface area contributed by atoms with Gasteiger partial charge in [-0.3, -0.25) is 0 Å². The van der Waals surface area contributed by atoms with E-state index < -0.39 is 9.84 Å². The standard InChI is InChI=1S/C16H21N3O2S2/c1-11(2)12-5-4-6-13(9-12)19-16(17)18-10-14-7-8-15(22-14)23(3,20)21/h4-9,11H,10H2,1-3H3,(H3,17,18,19). The summed E-state index contributed by atoms with van der Waals surface area (Å²) in [5.74, 6) is 0.746. The number of benzene rings is 1. The van der Waals surface area contributed by atoms with Crippen LogP contribution < -0.4 is 11.1 Å². The molecule has 2 rings (SSSR count). The Hall–Kier alpha value is -1.86. The average Bonchev–Trinajstić information content (AvgIpc) is 2.94. The largest absolute Gasteiger partial charge is 0.370 e. The van der Waals surface area contributed by atoms with Crippen molar-refractivity contribution in [1.29, 1.82) is 0 Å². The van der Waals surface area contributed by atoms with E-state index in [9.17, 15) is 8.42 Å². The lowest BCUT2D eigenvalue weighted by Crippen LogP contribution is -2.22. The van der Waals surface area contributed by atoms with Crippen LogP contribution in [0.5, 0.6) is 0 Å². The third-order valence-corrected chi connectivity index (χ3v) is 6.12. The van der Waals surface area contributed by atoms with Crippen LogP contribution in [0.1, 0.15) is 30.2 Å². The second kappa shape index (κ2) is 7.14. The fourth-order valence-corrected chi connectivity index (χ4v) is 3.87. The Labute approximate surface area is 141 Å². The van der Waals surface area contributed by atoms with E-state index in [1.807, 2.05) is 18.2 Å². The smallest absolute Gasteiger partial charge is 0.193 e. The van der Waals surface area contributed by atoms with Crippen molar-refractivity contribution in [2.75, 3.05) is 11.6 Å². The van der Waals surface area contributed by atoms with E-state index in [-0.39, 0.29) is 0 Å². The van der Waals surface area contributed by atoms with Crippen molar-refractivity contribution in [2.45, 2.75) is 30.5 Å². The summed E-state index contributed by atoms with van der Waals surface area (Å²) in [5.41, 5.74) is 8.01. The first-order chi connectivity index (χ1) is 10.8. The summed E-state index contributed by atoms with van der Waals surface area (Å²) in [7, 11) is -3.16. The van der Waals surface area contributed by atoms with Crippen LogP contribution in [0.3, 0.4) is 0 Å². The number of anilines is 1. The van der Waals surface area contributed by atoms with Gasteiger partial charge in [0.2, 0.25) is 0 Å². The number of aliphatic imine (C=N–C) groups is 1. The van der Waals surface area contributed by atoms with E-state index in [1.165, 1.54) is 23.2 Å². The second-order valence-electron chi connectivity index (χ2n) is 5.60. The number of sulfone groups is 1. The molecule has 0 aliphatic carbocycles. The van der Waals surface area contributed by atoms with E-state index in [2.05, 4.69) is 30.2 Å². The van der Waals surface area contributed by atoms with E-state index >= 15 is 0 Å². The summed E-state index contributed by atoms with van der Waals surface area (Å²) < 4.78 is 23.2. The molecule has 0 bridgehead atoms. The van der Waals surface area contributed by atoms with Gasteiger partial charge in [0.05, 0.1) is 6.54 Å². The van der Waals surface area contributed by atoms with Crippen molar-refractivity contribution < 1.29 is 8.42 Å². The van der Waals surface area contributed by atoms with Gasteiger partial charge >= 0.3 is 0 Å². The average molecular weight is 351 g/mol. The zero-order valence-electron chi connectivity index (χ0n) is 13.4. The van der Waals surface area contributed by atoms with Crippen molar-refractivity contribution in [3.63, 3.8) is 0 Å². The molecule has 3 N–H and O–H groups in total. The van der Waals surface area contributed by atoms with Gasteiger partial charge in [-0.1, -0.05) is 26.0 Å². The highest BCUT2D eigenvalue weighted by Gasteiger charge is 2.10. The molecule has 1 aromatic carbocycles. The number of nitrogens with two attached hydrogens (primary N) is 1. The summed E-state index contributed by atoms with van der Waals surface area (Å²) in [6.45, 7) is 4.61. The van der Waals surface area contributed by atoms with Crippen LogP contribution in [0.15, 0.2) is 45.6 Å². The minimum atomic E-state index is -3.16. The zero-order valence-corrected chi connectivity index (χ0v) is 15.0. The number of nitrogens with zero attached hydrogens (tertiary/aromatic N) is 1. The molecule has 0 fully saturated rings. The molecule has 124 valence electrons. The van der Waals surface area contributed by atoms with Crippen molar-refractivity contribution in [2.24, 2.45) is 10.7 Å². The minimum Gasteiger partial charge on any atom is -0.370 e. The topological polar surface area (TPSA) is 84.5 Å². The summed E-state index contributed by atoms with van der Waals surface area (Å²) in [6.07, 6.45) is 1.20. The van der Waals surface area contributed by atoms with Gasteiger partial charge in [-0.05, 0) is 35.7 Å². The molecule has 0 radical (unpaired) electrons. The maximum absolute atomic E-state index is 11.4. The Balaban J connectivity index is 2.03. The molecule has 0 saturated heterocycles. The van der Waals surface area contributed by atoms with Crippen molar-refractivity contribution in [3.05, 3.63) is 46.8 Å². The van der Waals surface area contributed by atoms with E-state index in [1.54, 1.807) is 12.1 Å². The Kier molecular flexibility index (Phi) is 5.43. The highest BCUT2D eigenvalue weighted by molar-refractivity contribution is 7.92. The second-order valence-corrected chi connectivity index (χ2v) is 9.01. The molecule has 0 spiro atoms. The van der Waals surface area contributed by atoms with Crippen LogP contribution in [0.25, 0.3) is 0 Å². The predicted octanol–water partition coefficient (Wildman–Crippen LogP) is 3.20. The third kappa shape index (κ3) is 5.07. The van der Waals surface area contributed by atoms with Crippen LogP contribution in [0.2, 0.25) is 0 Å². The molecule has 0 aliphatic rings. The first-order valence-corrected chi connectivity index (χ1v) is 9.92. The number of guanidine groups is 1. The lowest BCUT2D eigenvalue weighted by atomic mass is 10.0. The van der Waals surface area contributed by atoms with Gasteiger partial charge in [-0.15, -0.1) is 11.3 Å². The predicted molar refractivity (Wildman–Crippen MR) is 96.9 cm³/mol. The zero-order chi connectivity index (χ0) is 17.0. The van der Waals surface area contributed by atoms with Crippen LogP contribution in [0.4, 0.5) is 5.69 Å². The number of hydrogen-bond donors (Lipinski definition) is 2. The first kappa shape index (κ1) is 17.5. The molecule has 0 saturated carbocycles. The van der Waals surface area contributed by atoms with E-state index in [4.69, 9.17) is 5.73 Å². The van der Waals surface area contributed by atoms with Crippen LogP contribution in [-0.4, -0.2) is 20.6 Å². The Morgan fingerprint density at radius 2 is 2.04 bits per heavy atom. The van der Waals surface area contributed by atoms with Gasteiger partial charge in [-0.25, -0.2) is 13.4 Å². The van der Waals surface area contributed by atoms with Gasteiger partial charge < -0.3 is 11.1 Å². The molecule has 2 aromatic rings. The molecule has 23 heavy (non-hydrogen) atoms. The molecule has 0 amide bonds. The summed E-state index contributed by atoms with van der Waals surface area (Å²) >= 11 is 1.22. The molecule has 7 heteroatoms. The Morgan fingerprint density at radius 1 is 1.30 bits per heavy atom. The Bertz CT molecular complexity index is 808. The number of thiophene rings is 1. The van der Waals surface area contributed by atoms with Crippen LogP contribution in [0, 0.1) is 0 Å². The Morgan fingerprint density at radius 3 is 2.65 bits per heavy atom. The molecule has 1 heterocycles. The fraction of sp³-hybridized carbons (Fsp3) is 0.312. The van der Waals surface area contributed by atoms with E-state index in [0.717, 1.165) is 10.6 Å². The van der Waals surface area contributed by atoms with Gasteiger partial charge in [-0.2, -0.15) is 0 Å². The van der Waals surface area contributed by atoms with Gasteiger partial charge in [0, 0.05) is 16.8 Å². The molecule has 5 nitrogen and oxygen atoms in total. The highest BCUT2D eigenvalue weighted by Crippen LogP contribution is 2.22. The monoisotopic (exact) mass is 351 g/mol. The summed E-state index contributed by atoms with van der Waals surface area (Å²) in [4.78, 5) is 5.11. The molecule has 1 aromatic heterocycles. The molecule has 0 aliphatic heterocycles. The minimum absolute atomic E-state index is 0.306. The molecule has 0 unspecified atom stereocenters. The highest BCUT2D eigenvalue weighted by atomic mass is 32.2. The number of nitrogens with one attached hydrogen (secondary N) is 1. The SMILES string of the molecule is CC(C)c1cccc(NC(N)=NCc2ccc(S(C)(=O)=O)s2)c1. The summed E-state index contributed by atoms with van der Waals surface area (Å²) in [6, 6.07) is 11.4. The van der Waals surface area contributed by atoms with Crippen LogP contribution >= 0.6 is 11.3 Å². The quantitative estimate of drug-likeness (QED) is 0.640. The van der Waals surface area contributed by atoms with Crippen LogP contribution in [-0.2, 0) is 16.4 Å². The molecular weight excluding hydrogens is 330 g/mol. The van der Waals surface area contributed by atoms with E-state index in [0.29, 0.717) is 22.6 Å². The van der Waals surface area contributed by atoms with Crippen molar-refractivity contribution in [1.82, 2.24) is 0 Å². The van der Waals surface area contributed by atoms with Gasteiger partial charge in [0.15, 0.2) is 15.8 Å². The third-order valence-electron chi connectivity index (χ3n) is 3.23. The first-order valence-electron chi connectivity index (χ1n) is 7.21. The van der Waals surface area contributed by atoms with Crippen molar-refractivity contribution >= 4 is 32.8 Å². The lowest BCUT2D eigenvalue weighted by Gasteiger charge is -2.09. The molecule has 0 atom stereocenters. The van der Waals surface area contributed by atoms with Gasteiger partial charge in [0.1, 0.15) is 4.21 Å². The normalized spacial score (nSPS) is 12.6. The maximum Gasteiger partial charge on any atom is 0.193 e. The van der Waals surface area contributed by atoms with Crippen molar-refractivity contribution in [3.8, 4) is 0 Å². The van der Waals surface area contributed by atoms with Gasteiger partial charge in [0.25, 0.3) is 0 Å². The maximum atomic E-state index is 11.4. The number of hydrogen-bond acceptors (Lipinski definition) is 4.